The number of hydrogen-bond donors (Lipinski definition) is 3. The number of methoxy groups -OCH3 is 2. The van der Waals surface area contributed by atoms with E-state index in [0.717, 1.165) is 5.56 Å². The fraction of sp³-hybridized carbons (Fsp3) is 0.346. The third kappa shape index (κ3) is 5.16. The monoisotopic (exact) mass is 511 g/mol. The van der Waals surface area contributed by atoms with Crippen LogP contribution in [0.15, 0.2) is 36.8 Å². The molecule has 1 atom stereocenters. The number of pyridine rings is 1. The van der Waals surface area contributed by atoms with Crippen molar-refractivity contribution in [1.29, 1.82) is 0 Å². The summed E-state index contributed by atoms with van der Waals surface area (Å²) in [5.74, 6) is -1.05. The molecule has 10 nitrogen and oxygen atoms in total. The van der Waals surface area contributed by atoms with Gasteiger partial charge in [0.15, 0.2) is 11.6 Å². The number of aromatic nitrogens is 4. The molecule has 37 heavy (non-hydrogen) atoms. The molecule has 11 heteroatoms. The molecule has 0 radical (unpaired) electrons. The number of carboxylic acid groups (broad SMARTS) is 1. The van der Waals surface area contributed by atoms with Crippen LogP contribution in [0.4, 0.5) is 10.2 Å². The number of benzene rings is 1. The maximum atomic E-state index is 15.8. The van der Waals surface area contributed by atoms with Gasteiger partial charge < -0.3 is 29.6 Å². The molecule has 0 aliphatic carbocycles. The van der Waals surface area contributed by atoms with Gasteiger partial charge in [0.2, 0.25) is 5.88 Å². The number of aliphatic carboxylic acids is 1. The van der Waals surface area contributed by atoms with Crippen LogP contribution in [0.2, 0.25) is 0 Å². The van der Waals surface area contributed by atoms with E-state index in [9.17, 15) is 15.0 Å². The van der Waals surface area contributed by atoms with Crippen LogP contribution >= 0.6 is 0 Å². The van der Waals surface area contributed by atoms with Crippen molar-refractivity contribution in [1.82, 2.24) is 19.3 Å². The average molecular weight is 512 g/mol. The van der Waals surface area contributed by atoms with E-state index in [1.165, 1.54) is 17.9 Å². The van der Waals surface area contributed by atoms with Gasteiger partial charge in [0.1, 0.15) is 17.5 Å². The topological polar surface area (TPSA) is 124 Å². The molecular weight excluding hydrogens is 481 g/mol. The smallest absolute Gasteiger partial charge is 0.326 e. The molecule has 0 amide bonds. The molecule has 3 aromatic heterocycles. The third-order valence-corrected chi connectivity index (χ3v) is 6.08. The van der Waals surface area contributed by atoms with Crippen LogP contribution < -0.4 is 14.8 Å². The molecular formula is C26H30FN5O5. The standard InChI is InChI=1S/C26H30FN5O5/c1-14(2)8-19(26(34)35)29-24-22(27)18-13-32(12-15-6-7-17(36-4)9-20(15)37-5)25(33)21(18)23(30-24)16-10-28-31(3)11-16/h6-7,9-11,13-14,19,29,33H,8,12H2,1-5H3,(H,34,35)/t19-/m1/s1. The van der Waals surface area contributed by atoms with Crippen molar-refractivity contribution in [2.24, 2.45) is 13.0 Å². The van der Waals surface area contributed by atoms with E-state index in [4.69, 9.17) is 9.47 Å². The number of aryl methyl sites for hydroxylation is 1. The molecule has 0 unspecified atom stereocenters. The van der Waals surface area contributed by atoms with Gasteiger partial charge in [-0.3, -0.25) is 4.68 Å². The normalized spacial score (nSPS) is 12.2. The van der Waals surface area contributed by atoms with E-state index in [0.29, 0.717) is 17.1 Å². The highest BCUT2D eigenvalue weighted by Crippen LogP contribution is 2.40. The molecule has 4 rings (SSSR count). The zero-order valence-corrected chi connectivity index (χ0v) is 21.3. The second-order valence-electron chi connectivity index (χ2n) is 9.24. The number of aromatic hydroxyl groups is 1. The number of anilines is 1. The fourth-order valence-corrected chi connectivity index (χ4v) is 4.28. The Kier molecular flexibility index (Phi) is 7.23. The van der Waals surface area contributed by atoms with Gasteiger partial charge >= 0.3 is 5.97 Å². The van der Waals surface area contributed by atoms with Crippen LogP contribution in [-0.2, 0) is 18.4 Å². The molecule has 196 valence electrons. The van der Waals surface area contributed by atoms with E-state index < -0.39 is 17.8 Å². The van der Waals surface area contributed by atoms with Crippen molar-refractivity contribution < 1.29 is 28.9 Å². The Morgan fingerprint density at radius 3 is 2.57 bits per heavy atom. The lowest BCUT2D eigenvalue weighted by Gasteiger charge is -2.18. The number of rotatable bonds is 10. The predicted octanol–water partition coefficient (Wildman–Crippen LogP) is 4.26. The summed E-state index contributed by atoms with van der Waals surface area (Å²) in [6, 6.07) is 4.25. The number of carboxylic acids is 1. The molecule has 0 aliphatic rings. The first-order valence-electron chi connectivity index (χ1n) is 11.7. The molecule has 3 heterocycles. The molecule has 3 N–H and O–H groups in total. The second-order valence-corrected chi connectivity index (χ2v) is 9.24. The van der Waals surface area contributed by atoms with Crippen LogP contribution in [0.1, 0.15) is 25.8 Å². The van der Waals surface area contributed by atoms with Gasteiger partial charge in [0.25, 0.3) is 0 Å². The van der Waals surface area contributed by atoms with E-state index in [1.54, 1.807) is 49.4 Å². The zero-order valence-electron chi connectivity index (χ0n) is 21.3. The van der Waals surface area contributed by atoms with Gasteiger partial charge in [-0.2, -0.15) is 5.10 Å². The minimum absolute atomic E-state index is 0.0581. The molecule has 0 fully saturated rings. The molecule has 0 aliphatic heterocycles. The van der Waals surface area contributed by atoms with Crippen LogP contribution in [0.3, 0.4) is 0 Å². The Hall–Kier alpha value is -4.28. The minimum atomic E-state index is -1.11. The predicted molar refractivity (Wildman–Crippen MR) is 137 cm³/mol. The summed E-state index contributed by atoms with van der Waals surface area (Å²) in [4.78, 5) is 16.3. The quantitative estimate of drug-likeness (QED) is 0.289. The average Bonchev–Trinajstić information content (AvgIpc) is 3.43. The number of fused-ring (bicyclic) bond motifs is 1. The van der Waals surface area contributed by atoms with Gasteiger partial charge in [0, 0.05) is 42.0 Å². The van der Waals surface area contributed by atoms with Crippen LogP contribution in [0, 0.1) is 11.7 Å². The first kappa shape index (κ1) is 25.8. The highest BCUT2D eigenvalue weighted by atomic mass is 19.1. The van der Waals surface area contributed by atoms with Crippen molar-refractivity contribution in [2.75, 3.05) is 19.5 Å². The summed E-state index contributed by atoms with van der Waals surface area (Å²) >= 11 is 0. The van der Waals surface area contributed by atoms with Gasteiger partial charge in [-0.25, -0.2) is 14.2 Å². The van der Waals surface area contributed by atoms with Crippen LogP contribution in [0.5, 0.6) is 17.4 Å². The Morgan fingerprint density at radius 2 is 1.97 bits per heavy atom. The van der Waals surface area contributed by atoms with E-state index in [2.05, 4.69) is 15.4 Å². The van der Waals surface area contributed by atoms with Crippen LogP contribution in [0.25, 0.3) is 22.0 Å². The molecule has 0 bridgehead atoms. The third-order valence-electron chi connectivity index (χ3n) is 6.08. The Morgan fingerprint density at radius 1 is 1.22 bits per heavy atom. The van der Waals surface area contributed by atoms with Crippen LogP contribution in [-0.4, -0.2) is 55.8 Å². The Bertz CT molecular complexity index is 1450. The highest BCUT2D eigenvalue weighted by Gasteiger charge is 2.26. The van der Waals surface area contributed by atoms with Gasteiger partial charge in [-0.15, -0.1) is 0 Å². The number of hydrogen-bond acceptors (Lipinski definition) is 7. The maximum Gasteiger partial charge on any atom is 0.326 e. The summed E-state index contributed by atoms with van der Waals surface area (Å²) in [5, 5.41) is 28.1. The summed E-state index contributed by atoms with van der Waals surface area (Å²) in [6.07, 6.45) is 5.00. The zero-order chi connectivity index (χ0) is 26.9. The van der Waals surface area contributed by atoms with E-state index in [1.807, 2.05) is 13.8 Å². The van der Waals surface area contributed by atoms with Gasteiger partial charge in [-0.05, 0) is 24.5 Å². The summed E-state index contributed by atoms with van der Waals surface area (Å²) in [6.45, 7) is 3.95. The fourth-order valence-electron chi connectivity index (χ4n) is 4.28. The highest BCUT2D eigenvalue weighted by molar-refractivity contribution is 6.01. The lowest BCUT2D eigenvalue weighted by atomic mass is 10.0. The second kappa shape index (κ2) is 10.4. The van der Waals surface area contributed by atoms with Gasteiger partial charge in [-0.1, -0.05) is 13.8 Å². The van der Waals surface area contributed by atoms with Gasteiger partial charge in [0.05, 0.1) is 38.0 Å². The first-order valence-corrected chi connectivity index (χ1v) is 11.7. The van der Waals surface area contributed by atoms with Crippen molar-refractivity contribution in [3.63, 3.8) is 0 Å². The number of carbonyl (C=O) groups is 1. The number of nitrogens with one attached hydrogen (secondary N) is 1. The molecule has 0 saturated heterocycles. The maximum absolute atomic E-state index is 15.8. The van der Waals surface area contributed by atoms with E-state index in [-0.39, 0.29) is 47.0 Å². The molecule has 1 aromatic carbocycles. The Labute approximate surface area is 213 Å². The molecule has 0 saturated carbocycles. The van der Waals surface area contributed by atoms with E-state index >= 15 is 4.39 Å². The van der Waals surface area contributed by atoms with Crippen molar-refractivity contribution in [2.45, 2.75) is 32.9 Å². The lowest BCUT2D eigenvalue weighted by Crippen LogP contribution is -2.31. The summed E-state index contributed by atoms with van der Waals surface area (Å²) in [5.41, 5.74) is 1.55. The molecule has 0 spiro atoms. The SMILES string of the molecule is COc1ccc(Cn2cc3c(F)c(N[C@H](CC(C)C)C(=O)O)nc(-c4cnn(C)c4)c3c2O)c(OC)c1. The summed E-state index contributed by atoms with van der Waals surface area (Å²) < 4.78 is 29.6. The molecule has 4 aromatic rings. The van der Waals surface area contributed by atoms with Crippen molar-refractivity contribution >= 4 is 22.6 Å². The van der Waals surface area contributed by atoms with Crippen molar-refractivity contribution in [3.05, 3.63) is 48.2 Å². The largest absolute Gasteiger partial charge is 0.497 e. The summed E-state index contributed by atoms with van der Waals surface area (Å²) in [7, 11) is 4.81. The first-order chi connectivity index (χ1) is 17.6. The lowest BCUT2D eigenvalue weighted by molar-refractivity contribution is -0.138. The minimum Gasteiger partial charge on any atom is -0.497 e. The number of halogens is 1. The van der Waals surface area contributed by atoms with Crippen molar-refractivity contribution in [3.8, 4) is 28.6 Å². The number of nitrogens with zero attached hydrogens (tertiary/aromatic N) is 4. The number of ether oxygens (including phenoxy) is 2. The Balaban J connectivity index is 1.87.